The van der Waals surface area contributed by atoms with Crippen molar-refractivity contribution in [1.82, 2.24) is 5.32 Å². The summed E-state index contributed by atoms with van der Waals surface area (Å²) in [4.78, 5) is 8.85. The van der Waals surface area contributed by atoms with Crippen LogP contribution >= 0.6 is 11.6 Å². The first-order chi connectivity index (χ1) is 10.7. The van der Waals surface area contributed by atoms with Gasteiger partial charge in [-0.25, -0.2) is 9.98 Å². The molecule has 0 amide bonds. The van der Waals surface area contributed by atoms with Gasteiger partial charge in [-0.1, -0.05) is 48.0 Å². The zero-order valence-corrected chi connectivity index (χ0v) is 12.6. The molecular formula is C16H16ClN5. The van der Waals surface area contributed by atoms with Gasteiger partial charge in [-0.3, -0.25) is 5.32 Å². The van der Waals surface area contributed by atoms with Crippen LogP contribution in [0.2, 0.25) is 5.02 Å². The monoisotopic (exact) mass is 313 g/mol. The van der Waals surface area contributed by atoms with Gasteiger partial charge in [0.15, 0.2) is 12.1 Å². The zero-order valence-electron chi connectivity index (χ0n) is 11.8. The van der Waals surface area contributed by atoms with Gasteiger partial charge in [-0.2, -0.15) is 0 Å². The molecule has 1 aliphatic heterocycles. The van der Waals surface area contributed by atoms with E-state index in [2.05, 4.69) is 20.6 Å². The van der Waals surface area contributed by atoms with Crippen LogP contribution in [0.3, 0.4) is 0 Å². The number of halogens is 1. The molecule has 22 heavy (non-hydrogen) atoms. The van der Waals surface area contributed by atoms with Gasteiger partial charge in [0.25, 0.3) is 0 Å². The first kappa shape index (κ1) is 14.4. The summed E-state index contributed by atoms with van der Waals surface area (Å²) in [6, 6.07) is 17.5. The Balaban J connectivity index is 1.74. The molecule has 1 aliphatic rings. The Kier molecular flexibility index (Phi) is 4.25. The molecule has 1 atom stereocenters. The number of hydrogen-bond donors (Lipinski definition) is 3. The van der Waals surface area contributed by atoms with E-state index < -0.39 is 0 Å². The normalized spacial score (nSPS) is 17.2. The third-order valence-corrected chi connectivity index (χ3v) is 3.40. The number of nitrogens with zero attached hydrogens (tertiary/aromatic N) is 2. The minimum absolute atomic E-state index is 0.245. The fourth-order valence-corrected chi connectivity index (χ4v) is 2.40. The van der Waals surface area contributed by atoms with Crippen molar-refractivity contribution in [2.24, 2.45) is 15.7 Å². The molecule has 0 saturated carbocycles. The Morgan fingerprint density at radius 1 is 1.09 bits per heavy atom. The Morgan fingerprint density at radius 2 is 1.91 bits per heavy atom. The third kappa shape index (κ3) is 3.77. The van der Waals surface area contributed by atoms with E-state index in [4.69, 9.17) is 17.3 Å². The van der Waals surface area contributed by atoms with Crippen molar-refractivity contribution in [1.29, 1.82) is 0 Å². The molecule has 4 N–H and O–H groups in total. The largest absolute Gasteiger partial charge is 0.370 e. The van der Waals surface area contributed by atoms with E-state index in [1.54, 1.807) is 0 Å². The van der Waals surface area contributed by atoms with Gasteiger partial charge in [0.2, 0.25) is 5.96 Å². The van der Waals surface area contributed by atoms with E-state index >= 15 is 0 Å². The van der Waals surface area contributed by atoms with Gasteiger partial charge in [0.1, 0.15) is 0 Å². The molecular weight excluding hydrogens is 298 g/mol. The summed E-state index contributed by atoms with van der Waals surface area (Å²) >= 11 is 5.98. The summed E-state index contributed by atoms with van der Waals surface area (Å²) < 4.78 is 0. The van der Waals surface area contributed by atoms with E-state index in [0.717, 1.165) is 11.3 Å². The lowest BCUT2D eigenvalue weighted by molar-refractivity contribution is 0.689. The van der Waals surface area contributed by atoms with Crippen LogP contribution in [0.1, 0.15) is 5.56 Å². The quantitative estimate of drug-likeness (QED) is 0.815. The van der Waals surface area contributed by atoms with Crippen LogP contribution < -0.4 is 16.4 Å². The van der Waals surface area contributed by atoms with E-state index in [1.165, 1.54) is 0 Å². The fraction of sp³-hybridized carbons (Fsp3) is 0.125. The van der Waals surface area contributed by atoms with Gasteiger partial charge >= 0.3 is 0 Å². The number of hydrogen-bond acceptors (Lipinski definition) is 5. The lowest BCUT2D eigenvalue weighted by Crippen LogP contribution is -2.45. The maximum Gasteiger partial charge on any atom is 0.204 e. The predicted octanol–water partition coefficient (Wildman–Crippen LogP) is 2.59. The summed E-state index contributed by atoms with van der Waals surface area (Å²) in [5.41, 5.74) is 7.85. The Hall–Kier alpha value is -2.53. The van der Waals surface area contributed by atoms with Crippen molar-refractivity contribution in [2.45, 2.75) is 12.6 Å². The van der Waals surface area contributed by atoms with Crippen molar-refractivity contribution >= 4 is 29.2 Å². The number of nitrogens with two attached hydrogens (primary N) is 1. The highest BCUT2D eigenvalue weighted by molar-refractivity contribution is 6.30. The highest BCUT2D eigenvalue weighted by Gasteiger charge is 2.15. The number of benzene rings is 2. The van der Waals surface area contributed by atoms with Crippen LogP contribution in [0.4, 0.5) is 5.69 Å². The molecule has 0 aromatic heterocycles. The number of anilines is 1. The van der Waals surface area contributed by atoms with Crippen molar-refractivity contribution in [3.8, 4) is 0 Å². The smallest absolute Gasteiger partial charge is 0.204 e. The summed E-state index contributed by atoms with van der Waals surface area (Å²) in [7, 11) is 0. The maximum absolute atomic E-state index is 5.98. The van der Waals surface area contributed by atoms with Crippen molar-refractivity contribution in [2.75, 3.05) is 5.32 Å². The molecule has 0 bridgehead atoms. The van der Waals surface area contributed by atoms with E-state index in [-0.39, 0.29) is 6.17 Å². The molecule has 2 aromatic rings. The Labute approximate surface area is 133 Å². The second-order valence-electron chi connectivity index (χ2n) is 4.92. The molecule has 2 aromatic carbocycles. The second-order valence-corrected chi connectivity index (χ2v) is 5.36. The predicted molar refractivity (Wildman–Crippen MR) is 91.2 cm³/mol. The van der Waals surface area contributed by atoms with Gasteiger partial charge in [-0.05, 0) is 23.8 Å². The Morgan fingerprint density at radius 3 is 2.68 bits per heavy atom. The molecule has 3 rings (SSSR count). The molecule has 0 spiro atoms. The average Bonchev–Trinajstić information content (AvgIpc) is 2.47. The summed E-state index contributed by atoms with van der Waals surface area (Å²) in [5, 5.41) is 6.74. The maximum atomic E-state index is 5.98. The van der Waals surface area contributed by atoms with E-state index in [1.807, 2.05) is 54.6 Å². The van der Waals surface area contributed by atoms with Gasteiger partial charge in [-0.15, -0.1) is 0 Å². The third-order valence-electron chi connectivity index (χ3n) is 3.16. The summed E-state index contributed by atoms with van der Waals surface area (Å²) in [6.45, 7) is 0. The van der Waals surface area contributed by atoms with E-state index in [0.29, 0.717) is 23.4 Å². The van der Waals surface area contributed by atoms with Crippen molar-refractivity contribution < 1.29 is 0 Å². The van der Waals surface area contributed by atoms with Crippen LogP contribution in [-0.4, -0.2) is 18.1 Å². The average molecular weight is 314 g/mol. The summed E-state index contributed by atoms with van der Waals surface area (Å²) in [6.07, 6.45) is 0.453. The lowest BCUT2D eigenvalue weighted by Gasteiger charge is -2.20. The van der Waals surface area contributed by atoms with Crippen LogP contribution in [0.15, 0.2) is 64.6 Å². The van der Waals surface area contributed by atoms with Crippen LogP contribution in [0.5, 0.6) is 0 Å². The van der Waals surface area contributed by atoms with Gasteiger partial charge in [0.05, 0.1) is 0 Å². The molecule has 0 fully saturated rings. The number of guanidine groups is 2. The van der Waals surface area contributed by atoms with Crippen LogP contribution in [-0.2, 0) is 6.42 Å². The second kappa shape index (κ2) is 6.49. The van der Waals surface area contributed by atoms with Gasteiger partial charge in [0, 0.05) is 17.1 Å². The SMILES string of the molecule is NC1=N[C@@H](Cc2ccccc2)N=C(Nc2cccc(Cl)c2)N1. The molecule has 112 valence electrons. The summed E-state index contributed by atoms with van der Waals surface area (Å²) in [5.74, 6) is 0.913. The van der Waals surface area contributed by atoms with Crippen molar-refractivity contribution in [3.63, 3.8) is 0 Å². The highest BCUT2D eigenvalue weighted by atomic mass is 35.5. The van der Waals surface area contributed by atoms with E-state index in [9.17, 15) is 0 Å². The first-order valence-electron chi connectivity index (χ1n) is 6.94. The molecule has 0 aliphatic carbocycles. The standard InChI is InChI=1S/C16H16ClN5/c17-12-7-4-8-13(10-12)19-16-21-14(20-15(18)22-16)9-11-5-2-1-3-6-11/h1-8,10,14H,9H2,(H4,18,19,20,21,22)/t14-/m1/s1. The molecule has 0 saturated heterocycles. The van der Waals surface area contributed by atoms with Crippen LogP contribution in [0.25, 0.3) is 0 Å². The van der Waals surface area contributed by atoms with Crippen LogP contribution in [0, 0.1) is 0 Å². The first-order valence-corrected chi connectivity index (χ1v) is 7.31. The molecule has 0 unspecified atom stereocenters. The number of rotatable bonds is 3. The number of nitrogens with one attached hydrogen (secondary N) is 2. The Bertz CT molecular complexity index is 711. The minimum Gasteiger partial charge on any atom is -0.370 e. The lowest BCUT2D eigenvalue weighted by atomic mass is 10.1. The zero-order chi connectivity index (χ0) is 15.4. The fourth-order valence-electron chi connectivity index (χ4n) is 2.21. The number of aliphatic imine (C=N–C) groups is 2. The molecule has 0 radical (unpaired) electrons. The van der Waals surface area contributed by atoms with Gasteiger partial charge < -0.3 is 11.1 Å². The topological polar surface area (TPSA) is 74.8 Å². The highest BCUT2D eigenvalue weighted by Crippen LogP contribution is 2.15. The molecule has 5 nitrogen and oxygen atoms in total. The molecule has 6 heteroatoms. The van der Waals surface area contributed by atoms with Crippen molar-refractivity contribution in [3.05, 3.63) is 65.2 Å². The minimum atomic E-state index is -0.245. The molecule has 1 heterocycles.